The van der Waals surface area contributed by atoms with Crippen molar-refractivity contribution < 1.29 is 14.3 Å². The molecule has 1 atom stereocenters. The van der Waals surface area contributed by atoms with Crippen LogP contribution >= 0.6 is 0 Å². The zero-order chi connectivity index (χ0) is 14.4. The summed E-state index contributed by atoms with van der Waals surface area (Å²) in [5, 5.41) is 2.74. The quantitative estimate of drug-likeness (QED) is 0.803. The average Bonchev–Trinajstić information content (AvgIpc) is 2.36. The van der Waals surface area contributed by atoms with Crippen molar-refractivity contribution in [1.29, 1.82) is 0 Å². The van der Waals surface area contributed by atoms with E-state index in [1.54, 1.807) is 31.2 Å². The second-order valence-corrected chi connectivity index (χ2v) is 5.00. The van der Waals surface area contributed by atoms with Gasteiger partial charge in [-0.15, -0.1) is 0 Å². The molecule has 1 amide bonds. The van der Waals surface area contributed by atoms with Crippen molar-refractivity contribution in [2.45, 2.75) is 33.8 Å². The van der Waals surface area contributed by atoms with E-state index >= 15 is 0 Å². The van der Waals surface area contributed by atoms with Crippen molar-refractivity contribution in [3.05, 3.63) is 29.8 Å². The fourth-order valence-electron chi connectivity index (χ4n) is 1.47. The predicted octanol–water partition coefficient (Wildman–Crippen LogP) is 2.89. The molecule has 0 aromatic heterocycles. The first-order valence-corrected chi connectivity index (χ1v) is 6.43. The van der Waals surface area contributed by atoms with Gasteiger partial charge in [0.25, 0.3) is 5.91 Å². The molecule has 1 N–H and O–H groups in total. The largest absolute Gasteiger partial charge is 0.368 e. The molecule has 104 valence electrons. The van der Waals surface area contributed by atoms with Crippen molar-refractivity contribution in [3.63, 3.8) is 0 Å². The van der Waals surface area contributed by atoms with E-state index in [0.29, 0.717) is 23.8 Å². The second-order valence-electron chi connectivity index (χ2n) is 5.00. The highest BCUT2D eigenvalue weighted by Gasteiger charge is 2.14. The van der Waals surface area contributed by atoms with Gasteiger partial charge in [0.2, 0.25) is 0 Å². The van der Waals surface area contributed by atoms with Gasteiger partial charge in [0.05, 0.1) is 0 Å². The summed E-state index contributed by atoms with van der Waals surface area (Å²) in [7, 11) is 0. The third kappa shape index (κ3) is 5.22. The van der Waals surface area contributed by atoms with E-state index in [1.807, 2.05) is 13.8 Å². The number of hydrogen-bond donors (Lipinski definition) is 1. The Morgan fingerprint density at radius 3 is 2.53 bits per heavy atom. The van der Waals surface area contributed by atoms with Gasteiger partial charge < -0.3 is 10.1 Å². The number of ether oxygens (including phenoxy) is 1. The lowest BCUT2D eigenvalue weighted by atomic mass is 10.1. The van der Waals surface area contributed by atoms with Gasteiger partial charge in [-0.05, 0) is 31.9 Å². The minimum atomic E-state index is -0.511. The number of amides is 1. The fourth-order valence-corrected chi connectivity index (χ4v) is 1.47. The maximum atomic E-state index is 11.9. The van der Waals surface area contributed by atoms with Crippen LogP contribution < -0.4 is 5.32 Å². The highest BCUT2D eigenvalue weighted by Crippen LogP contribution is 2.12. The van der Waals surface area contributed by atoms with E-state index in [0.717, 1.165) is 0 Å². The van der Waals surface area contributed by atoms with Crippen LogP contribution in [0.15, 0.2) is 24.3 Å². The second kappa shape index (κ2) is 7.04. The van der Waals surface area contributed by atoms with Crippen LogP contribution in [0.4, 0.5) is 5.69 Å². The Bertz CT molecular complexity index is 454. The van der Waals surface area contributed by atoms with E-state index in [4.69, 9.17) is 4.74 Å². The van der Waals surface area contributed by atoms with Gasteiger partial charge >= 0.3 is 0 Å². The number of ketones is 1. The zero-order valence-electron chi connectivity index (χ0n) is 11.9. The van der Waals surface area contributed by atoms with Crippen molar-refractivity contribution in [2.75, 3.05) is 11.9 Å². The van der Waals surface area contributed by atoms with Gasteiger partial charge in [-0.2, -0.15) is 0 Å². The molecule has 1 rings (SSSR count). The molecule has 0 unspecified atom stereocenters. The minimum absolute atomic E-state index is 0.0276. The number of carbonyl (C=O) groups excluding carboxylic acids is 2. The molecular weight excluding hydrogens is 242 g/mol. The van der Waals surface area contributed by atoms with E-state index < -0.39 is 6.10 Å². The molecule has 1 aromatic rings. The highest BCUT2D eigenvalue weighted by molar-refractivity contribution is 5.98. The van der Waals surface area contributed by atoms with Gasteiger partial charge in [0, 0.05) is 17.9 Å². The van der Waals surface area contributed by atoms with Crippen LogP contribution in [0.2, 0.25) is 0 Å². The van der Waals surface area contributed by atoms with Crippen LogP contribution in [0.5, 0.6) is 0 Å². The molecule has 1 aromatic carbocycles. The summed E-state index contributed by atoms with van der Waals surface area (Å²) in [6, 6.07) is 6.87. The van der Waals surface area contributed by atoms with Gasteiger partial charge in [-0.1, -0.05) is 26.0 Å². The molecule has 0 aliphatic heterocycles. The summed E-state index contributed by atoms with van der Waals surface area (Å²) < 4.78 is 5.44. The molecule has 0 spiro atoms. The third-order valence-corrected chi connectivity index (χ3v) is 2.59. The van der Waals surface area contributed by atoms with Crippen LogP contribution in [0.1, 0.15) is 38.1 Å². The molecule has 0 aliphatic rings. The Labute approximate surface area is 114 Å². The number of benzene rings is 1. The summed E-state index contributed by atoms with van der Waals surface area (Å²) in [6.07, 6.45) is -0.511. The Kier molecular flexibility index (Phi) is 5.70. The van der Waals surface area contributed by atoms with Crippen LogP contribution in [-0.4, -0.2) is 24.4 Å². The minimum Gasteiger partial charge on any atom is -0.368 e. The van der Waals surface area contributed by atoms with Crippen LogP contribution in [0.25, 0.3) is 0 Å². The molecule has 4 nitrogen and oxygen atoms in total. The fraction of sp³-hybridized carbons (Fsp3) is 0.467. The van der Waals surface area contributed by atoms with Crippen molar-refractivity contribution in [3.8, 4) is 0 Å². The molecule has 19 heavy (non-hydrogen) atoms. The van der Waals surface area contributed by atoms with Gasteiger partial charge in [0.15, 0.2) is 5.78 Å². The van der Waals surface area contributed by atoms with Crippen LogP contribution in [0.3, 0.4) is 0 Å². The number of carbonyl (C=O) groups is 2. The molecule has 0 saturated carbocycles. The SMILES string of the molecule is CC(=O)c1cccc(NC(=O)[C@@H](C)OCC(C)C)c1. The third-order valence-electron chi connectivity index (χ3n) is 2.59. The molecule has 0 heterocycles. The number of Topliss-reactive ketones (excluding diaryl/α,β-unsaturated/α-hetero) is 1. The predicted molar refractivity (Wildman–Crippen MR) is 75.3 cm³/mol. The highest BCUT2D eigenvalue weighted by atomic mass is 16.5. The monoisotopic (exact) mass is 263 g/mol. The van der Waals surface area contributed by atoms with Gasteiger partial charge in [0.1, 0.15) is 6.10 Å². The lowest BCUT2D eigenvalue weighted by Crippen LogP contribution is -2.28. The Morgan fingerprint density at radius 2 is 1.95 bits per heavy atom. The molecule has 0 fully saturated rings. The maximum Gasteiger partial charge on any atom is 0.253 e. The first-order valence-electron chi connectivity index (χ1n) is 6.43. The normalized spacial score (nSPS) is 12.3. The molecular formula is C15H21NO3. The van der Waals surface area contributed by atoms with Gasteiger partial charge in [-0.25, -0.2) is 0 Å². The van der Waals surface area contributed by atoms with Crippen molar-refractivity contribution >= 4 is 17.4 Å². The smallest absolute Gasteiger partial charge is 0.253 e. The summed E-state index contributed by atoms with van der Waals surface area (Å²) in [6.45, 7) is 7.81. The maximum absolute atomic E-state index is 11.9. The standard InChI is InChI=1S/C15H21NO3/c1-10(2)9-19-12(4)15(18)16-14-7-5-6-13(8-14)11(3)17/h5-8,10,12H,9H2,1-4H3,(H,16,18)/t12-/m1/s1. The van der Waals surface area contributed by atoms with E-state index in [2.05, 4.69) is 5.32 Å². The van der Waals surface area contributed by atoms with E-state index in [1.165, 1.54) is 6.92 Å². The molecule has 0 aliphatic carbocycles. The lowest BCUT2D eigenvalue weighted by molar-refractivity contribution is -0.126. The van der Waals surface area contributed by atoms with Crippen molar-refractivity contribution in [1.82, 2.24) is 0 Å². The molecule has 0 saturated heterocycles. The summed E-state index contributed by atoms with van der Waals surface area (Å²) in [5.74, 6) is 0.151. The Hall–Kier alpha value is -1.68. The zero-order valence-corrected chi connectivity index (χ0v) is 11.9. The van der Waals surface area contributed by atoms with Gasteiger partial charge in [-0.3, -0.25) is 9.59 Å². The first-order chi connectivity index (χ1) is 8.90. The number of rotatable bonds is 6. The van der Waals surface area contributed by atoms with E-state index in [-0.39, 0.29) is 11.7 Å². The lowest BCUT2D eigenvalue weighted by Gasteiger charge is -2.15. The topological polar surface area (TPSA) is 55.4 Å². The number of anilines is 1. The number of nitrogens with one attached hydrogen (secondary N) is 1. The first kappa shape index (κ1) is 15.4. The number of hydrogen-bond acceptors (Lipinski definition) is 3. The Morgan fingerprint density at radius 1 is 1.26 bits per heavy atom. The van der Waals surface area contributed by atoms with Crippen molar-refractivity contribution in [2.24, 2.45) is 5.92 Å². The van der Waals surface area contributed by atoms with Crippen LogP contribution in [-0.2, 0) is 9.53 Å². The molecule has 0 radical (unpaired) electrons. The Balaban J connectivity index is 2.61. The summed E-state index contributed by atoms with van der Waals surface area (Å²) in [4.78, 5) is 23.1. The average molecular weight is 263 g/mol. The molecule has 4 heteroatoms. The molecule has 0 bridgehead atoms. The van der Waals surface area contributed by atoms with Crippen LogP contribution in [0, 0.1) is 5.92 Å². The summed E-state index contributed by atoms with van der Waals surface area (Å²) in [5.41, 5.74) is 1.19. The van der Waals surface area contributed by atoms with E-state index in [9.17, 15) is 9.59 Å². The summed E-state index contributed by atoms with van der Waals surface area (Å²) >= 11 is 0.